The van der Waals surface area contributed by atoms with E-state index in [1.165, 1.54) is 5.56 Å². The van der Waals surface area contributed by atoms with E-state index in [1.54, 1.807) is 7.11 Å². The first kappa shape index (κ1) is 25.0. The zero-order chi connectivity index (χ0) is 25.8. The number of hydrogen-bond donors (Lipinski definition) is 0. The molecule has 1 fully saturated rings. The Morgan fingerprint density at radius 2 is 1.84 bits per heavy atom. The second-order valence-corrected chi connectivity index (χ2v) is 10.1. The highest BCUT2D eigenvalue weighted by Crippen LogP contribution is 2.29. The number of nitrogens with zero attached hydrogens (tertiary/aromatic N) is 4. The van der Waals surface area contributed by atoms with E-state index in [2.05, 4.69) is 53.3 Å². The lowest BCUT2D eigenvalue weighted by Gasteiger charge is -2.40. The van der Waals surface area contributed by atoms with E-state index in [0.717, 1.165) is 66.9 Å². The molecule has 1 aliphatic heterocycles. The third-order valence-corrected chi connectivity index (χ3v) is 7.82. The van der Waals surface area contributed by atoms with Crippen molar-refractivity contribution in [3.63, 3.8) is 0 Å². The fourth-order valence-corrected chi connectivity index (χ4v) is 5.73. The van der Waals surface area contributed by atoms with Gasteiger partial charge < -0.3 is 14.2 Å². The number of carbonyl (C=O) groups excluding carboxylic acids is 1. The van der Waals surface area contributed by atoms with E-state index in [9.17, 15) is 4.79 Å². The molecule has 6 heteroatoms. The van der Waals surface area contributed by atoms with Gasteiger partial charge in [0.25, 0.3) is 5.91 Å². The maximum Gasteiger partial charge on any atom is 0.270 e. The molecule has 0 spiro atoms. The first-order chi connectivity index (χ1) is 18.0. The summed E-state index contributed by atoms with van der Waals surface area (Å²) < 4.78 is 7.51. The average molecular weight is 497 g/mol. The number of ether oxygens (including phenoxy) is 1. The lowest BCUT2D eigenvalue weighted by atomic mass is 9.84. The van der Waals surface area contributed by atoms with E-state index in [4.69, 9.17) is 4.74 Å². The van der Waals surface area contributed by atoms with Crippen LogP contribution in [0.15, 0.2) is 79.0 Å². The molecule has 5 rings (SSSR count). The van der Waals surface area contributed by atoms with Crippen LogP contribution in [0.25, 0.3) is 10.9 Å². The maximum absolute atomic E-state index is 13.5. The Labute approximate surface area is 219 Å². The van der Waals surface area contributed by atoms with Gasteiger partial charge in [-0.1, -0.05) is 36.4 Å². The second-order valence-electron chi connectivity index (χ2n) is 10.1. The smallest absolute Gasteiger partial charge is 0.270 e. The number of para-hydroxylation sites is 1. The van der Waals surface area contributed by atoms with Crippen molar-refractivity contribution in [1.82, 2.24) is 19.4 Å². The van der Waals surface area contributed by atoms with Gasteiger partial charge >= 0.3 is 0 Å². The summed E-state index contributed by atoms with van der Waals surface area (Å²) in [7, 11) is 5.90. The summed E-state index contributed by atoms with van der Waals surface area (Å²) in [5, 5.41) is 1.11. The average Bonchev–Trinajstić information content (AvgIpc) is 3.28. The Kier molecular flexibility index (Phi) is 7.56. The molecule has 6 nitrogen and oxygen atoms in total. The highest BCUT2D eigenvalue weighted by molar-refractivity contribution is 5.98. The molecule has 37 heavy (non-hydrogen) atoms. The van der Waals surface area contributed by atoms with Crippen molar-refractivity contribution < 1.29 is 9.53 Å². The molecule has 0 unspecified atom stereocenters. The van der Waals surface area contributed by atoms with Crippen molar-refractivity contribution in [3.05, 3.63) is 95.9 Å². The molecule has 192 valence electrons. The number of fused-ring (bicyclic) bond motifs is 1. The first-order valence-corrected chi connectivity index (χ1v) is 13.1. The standard InChI is InChI=1S/C31H36N4O2/c1-33(22-26-11-6-7-16-32-26)29(20-23-9-8-12-27(19-23)37-3)24-14-17-35(18-15-24)31(36)30-21-25-10-4-5-13-28(25)34(30)2/h4-13,16,19,21,24,29H,14-15,17-18,20,22H2,1-3H3/t29-/m0/s1. The fraction of sp³-hybridized carbons (Fsp3) is 0.355. The second kappa shape index (κ2) is 11.2. The molecule has 2 aromatic carbocycles. The molecule has 1 amide bonds. The zero-order valence-electron chi connectivity index (χ0n) is 22.0. The Morgan fingerprint density at radius 1 is 1.05 bits per heavy atom. The number of rotatable bonds is 8. The molecule has 0 radical (unpaired) electrons. The normalized spacial score (nSPS) is 15.3. The SMILES string of the molecule is COc1cccc(C[C@@H](C2CCN(C(=O)c3cc4ccccc4n3C)CC2)N(C)Cc2ccccn2)c1. The Balaban J connectivity index is 1.31. The van der Waals surface area contributed by atoms with Gasteiger partial charge in [0, 0.05) is 49.8 Å². The number of likely N-dealkylation sites (tertiary alicyclic amines) is 1. The van der Waals surface area contributed by atoms with Crippen LogP contribution in [0.5, 0.6) is 5.75 Å². The Bertz CT molecular complexity index is 1340. The van der Waals surface area contributed by atoms with Gasteiger partial charge in [0.2, 0.25) is 0 Å². The first-order valence-electron chi connectivity index (χ1n) is 13.1. The van der Waals surface area contributed by atoms with Crippen molar-refractivity contribution in [3.8, 4) is 5.75 Å². The van der Waals surface area contributed by atoms with Crippen LogP contribution in [0.2, 0.25) is 0 Å². The Hall–Kier alpha value is -3.64. The largest absolute Gasteiger partial charge is 0.497 e. The molecule has 0 N–H and O–H groups in total. The van der Waals surface area contributed by atoms with Gasteiger partial charge in [0.1, 0.15) is 11.4 Å². The molecule has 4 aromatic rings. The van der Waals surface area contributed by atoms with Crippen LogP contribution in [-0.4, -0.2) is 58.5 Å². The number of carbonyl (C=O) groups is 1. The minimum Gasteiger partial charge on any atom is -0.497 e. The summed E-state index contributed by atoms with van der Waals surface area (Å²) in [4.78, 5) is 22.5. The number of aromatic nitrogens is 2. The summed E-state index contributed by atoms with van der Waals surface area (Å²) in [5.74, 6) is 1.50. The predicted octanol–water partition coefficient (Wildman–Crippen LogP) is 5.18. The number of likely N-dealkylation sites (N-methyl/N-ethyl adjacent to an activating group) is 1. The maximum atomic E-state index is 13.5. The third kappa shape index (κ3) is 5.54. The van der Waals surface area contributed by atoms with Crippen LogP contribution >= 0.6 is 0 Å². The van der Waals surface area contributed by atoms with Gasteiger partial charge in [-0.25, -0.2) is 0 Å². The topological polar surface area (TPSA) is 50.6 Å². The van der Waals surface area contributed by atoms with Crippen molar-refractivity contribution >= 4 is 16.8 Å². The minimum absolute atomic E-state index is 0.128. The van der Waals surface area contributed by atoms with Gasteiger partial charge in [-0.15, -0.1) is 0 Å². The van der Waals surface area contributed by atoms with E-state index >= 15 is 0 Å². The monoisotopic (exact) mass is 496 g/mol. The van der Waals surface area contributed by atoms with E-state index < -0.39 is 0 Å². The summed E-state index contributed by atoms with van der Waals surface area (Å²) in [6, 6.07) is 25.0. The lowest BCUT2D eigenvalue weighted by molar-refractivity contribution is 0.0593. The van der Waals surface area contributed by atoms with E-state index in [-0.39, 0.29) is 5.91 Å². The minimum atomic E-state index is 0.128. The molecule has 0 saturated carbocycles. The molecular formula is C31H36N4O2. The number of aryl methyl sites for hydroxylation is 1. The van der Waals surface area contributed by atoms with Gasteiger partial charge in [-0.3, -0.25) is 14.7 Å². The Morgan fingerprint density at radius 3 is 2.57 bits per heavy atom. The van der Waals surface area contributed by atoms with Crippen molar-refractivity contribution in [2.24, 2.45) is 13.0 Å². The summed E-state index contributed by atoms with van der Waals surface area (Å²) in [6.07, 6.45) is 4.76. The van der Waals surface area contributed by atoms with Gasteiger partial charge in [-0.2, -0.15) is 0 Å². The number of amides is 1. The van der Waals surface area contributed by atoms with Crippen LogP contribution in [0.1, 0.15) is 34.6 Å². The molecular weight excluding hydrogens is 460 g/mol. The number of pyridine rings is 1. The molecule has 1 saturated heterocycles. The van der Waals surface area contributed by atoms with E-state index in [0.29, 0.717) is 12.0 Å². The number of methoxy groups -OCH3 is 1. The zero-order valence-corrected chi connectivity index (χ0v) is 22.0. The summed E-state index contributed by atoms with van der Waals surface area (Å²) >= 11 is 0. The molecule has 2 aromatic heterocycles. The van der Waals surface area contributed by atoms with Crippen LogP contribution in [0.4, 0.5) is 0 Å². The quantitative estimate of drug-likeness (QED) is 0.337. The molecule has 0 bridgehead atoms. The number of hydrogen-bond acceptors (Lipinski definition) is 4. The van der Waals surface area contributed by atoms with Gasteiger partial charge in [-0.05, 0) is 74.2 Å². The molecule has 0 aliphatic carbocycles. The van der Waals surface area contributed by atoms with Crippen LogP contribution in [-0.2, 0) is 20.0 Å². The van der Waals surface area contributed by atoms with Crippen LogP contribution in [0.3, 0.4) is 0 Å². The van der Waals surface area contributed by atoms with Crippen LogP contribution < -0.4 is 4.74 Å². The lowest BCUT2D eigenvalue weighted by Crippen LogP contribution is -2.46. The third-order valence-electron chi connectivity index (χ3n) is 7.82. The predicted molar refractivity (Wildman–Crippen MR) is 148 cm³/mol. The van der Waals surface area contributed by atoms with E-state index in [1.807, 2.05) is 59.1 Å². The van der Waals surface area contributed by atoms with Crippen LogP contribution in [0, 0.1) is 5.92 Å². The highest BCUT2D eigenvalue weighted by Gasteiger charge is 2.32. The highest BCUT2D eigenvalue weighted by atomic mass is 16.5. The number of benzene rings is 2. The van der Waals surface area contributed by atoms with Crippen molar-refractivity contribution in [2.45, 2.75) is 31.8 Å². The number of piperidine rings is 1. The molecule has 1 atom stereocenters. The molecule has 3 heterocycles. The fourth-order valence-electron chi connectivity index (χ4n) is 5.73. The van der Waals surface area contributed by atoms with Crippen molar-refractivity contribution in [1.29, 1.82) is 0 Å². The van der Waals surface area contributed by atoms with Crippen molar-refractivity contribution in [2.75, 3.05) is 27.2 Å². The van der Waals surface area contributed by atoms with Gasteiger partial charge in [0.05, 0.1) is 12.8 Å². The summed E-state index contributed by atoms with van der Waals surface area (Å²) in [6.45, 7) is 2.35. The summed E-state index contributed by atoms with van der Waals surface area (Å²) in [5.41, 5.74) is 4.20. The molecule has 1 aliphatic rings. The van der Waals surface area contributed by atoms with Gasteiger partial charge in [0.15, 0.2) is 0 Å².